The molecule has 31 heavy (non-hydrogen) atoms. The Morgan fingerprint density at radius 3 is 2.45 bits per heavy atom. The summed E-state index contributed by atoms with van der Waals surface area (Å²) in [5.41, 5.74) is 0.820. The molecular formula is C21H23ClN2O6S. The van der Waals surface area contributed by atoms with E-state index in [1.807, 2.05) is 6.92 Å². The van der Waals surface area contributed by atoms with Gasteiger partial charge in [-0.05, 0) is 48.9 Å². The van der Waals surface area contributed by atoms with Crippen LogP contribution in [0.1, 0.15) is 34.1 Å². The Balaban J connectivity index is 1.76. The summed E-state index contributed by atoms with van der Waals surface area (Å²) >= 11 is 6.16. The Bertz CT molecular complexity index is 1050. The van der Waals surface area contributed by atoms with Gasteiger partial charge in [-0.3, -0.25) is 4.79 Å². The van der Waals surface area contributed by atoms with Gasteiger partial charge in [0.15, 0.2) is 0 Å². The average Bonchev–Trinajstić information content (AvgIpc) is 2.78. The third-order valence-corrected chi connectivity index (χ3v) is 6.83. The van der Waals surface area contributed by atoms with Gasteiger partial charge in [0.25, 0.3) is 5.91 Å². The summed E-state index contributed by atoms with van der Waals surface area (Å²) in [6.07, 6.45) is 0.723. The monoisotopic (exact) mass is 466 g/mol. The van der Waals surface area contributed by atoms with Crippen molar-refractivity contribution in [1.29, 1.82) is 0 Å². The first-order chi connectivity index (χ1) is 14.8. The number of hydrogen-bond donors (Lipinski definition) is 1. The van der Waals surface area contributed by atoms with Crippen LogP contribution in [0.3, 0.4) is 0 Å². The van der Waals surface area contributed by atoms with E-state index in [-0.39, 0.29) is 28.6 Å². The molecule has 1 aliphatic rings. The largest absolute Gasteiger partial charge is 0.462 e. The zero-order valence-electron chi connectivity index (χ0n) is 17.0. The van der Waals surface area contributed by atoms with E-state index in [1.165, 1.54) is 34.6 Å². The molecule has 8 nitrogen and oxygen atoms in total. The fourth-order valence-corrected chi connectivity index (χ4v) is 4.58. The molecule has 1 N–H and O–H groups in total. The van der Waals surface area contributed by atoms with E-state index < -0.39 is 21.9 Å². The lowest BCUT2D eigenvalue weighted by atomic mass is 10.2. The summed E-state index contributed by atoms with van der Waals surface area (Å²) < 4.78 is 37.3. The van der Waals surface area contributed by atoms with Crippen LogP contribution in [0.4, 0.5) is 5.69 Å². The molecule has 0 radical (unpaired) electrons. The summed E-state index contributed by atoms with van der Waals surface area (Å²) in [4.78, 5) is 24.6. The topological polar surface area (TPSA) is 102 Å². The zero-order chi connectivity index (χ0) is 22.4. The van der Waals surface area contributed by atoms with Crippen molar-refractivity contribution in [2.24, 2.45) is 0 Å². The maximum absolute atomic E-state index is 12.9. The minimum Gasteiger partial charge on any atom is -0.462 e. The number of morpholine rings is 1. The van der Waals surface area contributed by atoms with Gasteiger partial charge in [0.2, 0.25) is 10.0 Å². The number of hydrogen-bond acceptors (Lipinski definition) is 6. The molecule has 0 atom stereocenters. The molecule has 0 saturated carbocycles. The fraction of sp³-hybridized carbons (Fsp3) is 0.333. The van der Waals surface area contributed by atoms with Crippen LogP contribution < -0.4 is 5.32 Å². The lowest BCUT2D eigenvalue weighted by Gasteiger charge is -2.26. The van der Waals surface area contributed by atoms with E-state index in [4.69, 9.17) is 21.1 Å². The van der Waals surface area contributed by atoms with Gasteiger partial charge in [-0.1, -0.05) is 18.5 Å². The van der Waals surface area contributed by atoms with Gasteiger partial charge in [-0.2, -0.15) is 4.31 Å². The molecular weight excluding hydrogens is 444 g/mol. The van der Waals surface area contributed by atoms with Crippen molar-refractivity contribution in [3.8, 4) is 0 Å². The number of nitrogens with one attached hydrogen (secondary N) is 1. The highest BCUT2D eigenvalue weighted by Gasteiger charge is 2.27. The number of sulfonamides is 1. The first kappa shape index (κ1) is 23.2. The summed E-state index contributed by atoms with van der Waals surface area (Å²) in [5, 5.41) is 2.79. The number of rotatable bonds is 7. The van der Waals surface area contributed by atoms with Crippen LogP contribution in [-0.2, 0) is 19.5 Å². The van der Waals surface area contributed by atoms with Crippen molar-refractivity contribution in [3.05, 3.63) is 58.6 Å². The Morgan fingerprint density at radius 1 is 1.13 bits per heavy atom. The van der Waals surface area contributed by atoms with E-state index in [9.17, 15) is 18.0 Å². The smallest absolute Gasteiger partial charge is 0.338 e. The molecule has 0 aromatic heterocycles. The van der Waals surface area contributed by atoms with Crippen molar-refractivity contribution in [2.45, 2.75) is 18.2 Å². The quantitative estimate of drug-likeness (QED) is 0.629. The van der Waals surface area contributed by atoms with E-state index in [0.29, 0.717) is 31.1 Å². The number of ether oxygens (including phenoxy) is 2. The molecule has 1 saturated heterocycles. The lowest BCUT2D eigenvalue weighted by molar-refractivity contribution is 0.0505. The maximum Gasteiger partial charge on any atom is 0.338 e. The third-order valence-electron chi connectivity index (χ3n) is 4.61. The second-order valence-electron chi connectivity index (χ2n) is 6.83. The van der Waals surface area contributed by atoms with Gasteiger partial charge >= 0.3 is 5.97 Å². The van der Waals surface area contributed by atoms with Gasteiger partial charge < -0.3 is 14.8 Å². The predicted octanol–water partition coefficient (Wildman–Crippen LogP) is 3.18. The molecule has 2 aromatic rings. The number of amides is 1. The highest BCUT2D eigenvalue weighted by molar-refractivity contribution is 7.89. The molecule has 166 valence electrons. The molecule has 0 spiro atoms. The van der Waals surface area contributed by atoms with Crippen molar-refractivity contribution >= 4 is 39.2 Å². The number of halogens is 1. The summed E-state index contributed by atoms with van der Waals surface area (Å²) in [5.74, 6) is -1.01. The molecule has 2 aromatic carbocycles. The van der Waals surface area contributed by atoms with Gasteiger partial charge in [0.1, 0.15) is 0 Å². The van der Waals surface area contributed by atoms with Gasteiger partial charge in [0, 0.05) is 18.8 Å². The van der Waals surface area contributed by atoms with E-state index in [1.54, 1.807) is 12.1 Å². The molecule has 0 unspecified atom stereocenters. The van der Waals surface area contributed by atoms with Crippen LogP contribution in [0.5, 0.6) is 0 Å². The van der Waals surface area contributed by atoms with Crippen molar-refractivity contribution in [2.75, 3.05) is 38.2 Å². The molecule has 3 rings (SSSR count). The van der Waals surface area contributed by atoms with Gasteiger partial charge in [-0.25, -0.2) is 13.2 Å². The highest BCUT2D eigenvalue weighted by Crippen LogP contribution is 2.24. The molecule has 1 amide bonds. The number of carbonyl (C=O) groups is 2. The maximum atomic E-state index is 12.9. The van der Waals surface area contributed by atoms with Crippen molar-refractivity contribution < 1.29 is 27.5 Å². The second-order valence-corrected chi connectivity index (χ2v) is 9.17. The number of anilines is 1. The molecule has 1 heterocycles. The summed E-state index contributed by atoms with van der Waals surface area (Å²) in [7, 11) is -3.77. The van der Waals surface area contributed by atoms with Crippen LogP contribution in [0, 0.1) is 0 Å². The Morgan fingerprint density at radius 2 is 1.81 bits per heavy atom. The first-order valence-corrected chi connectivity index (χ1v) is 11.6. The Hall–Kier alpha value is -2.46. The van der Waals surface area contributed by atoms with Crippen molar-refractivity contribution in [1.82, 2.24) is 4.31 Å². The van der Waals surface area contributed by atoms with E-state index in [0.717, 1.165) is 6.42 Å². The summed E-state index contributed by atoms with van der Waals surface area (Å²) in [6, 6.07) is 10.2. The molecule has 0 aliphatic carbocycles. The molecule has 10 heteroatoms. The van der Waals surface area contributed by atoms with Gasteiger partial charge in [0.05, 0.1) is 40.9 Å². The standard InChI is InChI=1S/C21H23ClN2O6S/c1-2-11-30-21(26)15-3-5-16(6-4-15)23-20(25)18-14-17(7-8-19(18)22)31(27,28)24-9-12-29-13-10-24/h3-8,14H,2,9-13H2,1H3,(H,23,25). The third kappa shape index (κ3) is 5.62. The van der Waals surface area contributed by atoms with E-state index >= 15 is 0 Å². The number of carbonyl (C=O) groups excluding carboxylic acids is 2. The van der Waals surface area contributed by atoms with Crippen LogP contribution in [0.2, 0.25) is 5.02 Å². The van der Waals surface area contributed by atoms with Crippen LogP contribution in [0.25, 0.3) is 0 Å². The first-order valence-electron chi connectivity index (χ1n) is 9.79. The lowest BCUT2D eigenvalue weighted by Crippen LogP contribution is -2.40. The Kier molecular flexibility index (Phi) is 7.66. The Labute approximate surface area is 186 Å². The number of benzene rings is 2. The van der Waals surface area contributed by atoms with E-state index in [2.05, 4.69) is 5.32 Å². The average molecular weight is 467 g/mol. The fourth-order valence-electron chi connectivity index (χ4n) is 2.94. The molecule has 1 aliphatic heterocycles. The molecule has 1 fully saturated rings. The van der Waals surface area contributed by atoms with Crippen molar-refractivity contribution in [3.63, 3.8) is 0 Å². The molecule has 0 bridgehead atoms. The summed E-state index contributed by atoms with van der Waals surface area (Å²) in [6.45, 7) is 3.38. The van der Waals surface area contributed by atoms with Crippen LogP contribution in [0.15, 0.2) is 47.4 Å². The second kappa shape index (κ2) is 10.2. The minimum atomic E-state index is -3.77. The minimum absolute atomic E-state index is 0.0158. The number of esters is 1. The SMILES string of the molecule is CCCOC(=O)c1ccc(NC(=O)c2cc(S(=O)(=O)N3CCOCC3)ccc2Cl)cc1. The predicted molar refractivity (Wildman–Crippen MR) is 116 cm³/mol. The van der Waals surface area contributed by atoms with Crippen LogP contribution >= 0.6 is 11.6 Å². The van der Waals surface area contributed by atoms with Crippen LogP contribution in [-0.4, -0.2) is 57.5 Å². The number of nitrogens with zero attached hydrogens (tertiary/aromatic N) is 1. The normalized spacial score (nSPS) is 14.8. The van der Waals surface area contributed by atoms with Gasteiger partial charge in [-0.15, -0.1) is 0 Å². The zero-order valence-corrected chi connectivity index (χ0v) is 18.5. The highest BCUT2D eigenvalue weighted by atomic mass is 35.5.